The maximum absolute atomic E-state index is 11.4. The van der Waals surface area contributed by atoms with E-state index in [2.05, 4.69) is 18.8 Å². The predicted octanol–water partition coefficient (Wildman–Crippen LogP) is 5.88. The van der Waals surface area contributed by atoms with Crippen molar-refractivity contribution in [3.63, 3.8) is 0 Å². The number of nitrogens with zero attached hydrogens (tertiary/aromatic N) is 1. The quantitative estimate of drug-likeness (QED) is 0.705. The molecule has 1 N–H and O–H groups in total. The van der Waals surface area contributed by atoms with Crippen molar-refractivity contribution in [2.24, 2.45) is 16.8 Å². The number of ether oxygens (including phenoxy) is 1. The van der Waals surface area contributed by atoms with Gasteiger partial charge in [-0.1, -0.05) is 94.5 Å². The minimum absolute atomic E-state index is 0.381. The zero-order valence-corrected chi connectivity index (χ0v) is 17.3. The minimum atomic E-state index is -1.01. The number of benzene rings is 2. The monoisotopic (exact) mass is 393 g/mol. The maximum atomic E-state index is 11.4. The molecule has 0 bridgehead atoms. The molecule has 1 aliphatic carbocycles. The Labute approximate surface area is 173 Å². The Bertz CT molecular complexity index is 795. The Kier molecular flexibility index (Phi) is 7.45. The van der Waals surface area contributed by atoms with E-state index in [9.17, 15) is 9.90 Å². The van der Waals surface area contributed by atoms with Gasteiger partial charge in [0.15, 0.2) is 0 Å². The van der Waals surface area contributed by atoms with E-state index in [1.165, 1.54) is 32.1 Å². The molecule has 0 amide bonds. The second-order valence-corrected chi connectivity index (χ2v) is 8.17. The lowest BCUT2D eigenvalue weighted by Crippen LogP contribution is -2.26. The largest absolute Gasteiger partial charge is 0.478 e. The zero-order valence-electron chi connectivity index (χ0n) is 17.3. The molecule has 2 aromatic carbocycles. The molecule has 4 heteroatoms. The number of aliphatic carboxylic acids is 1. The van der Waals surface area contributed by atoms with Gasteiger partial charge in [0, 0.05) is 5.56 Å². The fourth-order valence-electron chi connectivity index (χ4n) is 4.02. The highest BCUT2D eigenvalue weighted by Gasteiger charge is 2.38. The number of aliphatic imine (C=N–C) groups is 1. The molecule has 154 valence electrons. The lowest BCUT2D eigenvalue weighted by Gasteiger charge is -2.24. The first kappa shape index (κ1) is 21.1. The predicted molar refractivity (Wildman–Crippen MR) is 116 cm³/mol. The highest BCUT2D eigenvalue weighted by atomic mass is 16.5. The zero-order chi connectivity index (χ0) is 20.6. The molecule has 0 aromatic heterocycles. The van der Waals surface area contributed by atoms with Crippen LogP contribution in [-0.4, -0.2) is 23.1 Å². The SMILES string of the molecule is CC(C)C1CCCCC1.O=C(O)[C@@H]1OC(c2ccccc2)=N[C@H]1c1ccccc1. The van der Waals surface area contributed by atoms with E-state index in [0.29, 0.717) is 5.90 Å². The summed E-state index contributed by atoms with van der Waals surface area (Å²) in [4.78, 5) is 15.8. The highest BCUT2D eigenvalue weighted by Crippen LogP contribution is 2.31. The Morgan fingerprint density at radius 2 is 1.55 bits per heavy atom. The van der Waals surface area contributed by atoms with Crippen molar-refractivity contribution in [3.05, 3.63) is 71.8 Å². The van der Waals surface area contributed by atoms with Crippen LogP contribution in [0.25, 0.3) is 0 Å². The van der Waals surface area contributed by atoms with E-state index in [4.69, 9.17) is 4.74 Å². The molecule has 29 heavy (non-hydrogen) atoms. The van der Waals surface area contributed by atoms with Crippen LogP contribution in [0, 0.1) is 11.8 Å². The molecule has 1 saturated carbocycles. The van der Waals surface area contributed by atoms with Gasteiger partial charge in [0.25, 0.3) is 0 Å². The van der Waals surface area contributed by atoms with Crippen LogP contribution in [0.3, 0.4) is 0 Å². The fourth-order valence-corrected chi connectivity index (χ4v) is 4.02. The molecule has 2 atom stereocenters. The van der Waals surface area contributed by atoms with Gasteiger partial charge < -0.3 is 9.84 Å². The number of carbonyl (C=O) groups is 1. The molecule has 1 heterocycles. The van der Waals surface area contributed by atoms with E-state index < -0.39 is 18.1 Å². The molecule has 2 aliphatic rings. The third-order valence-electron chi connectivity index (χ3n) is 5.78. The van der Waals surface area contributed by atoms with Gasteiger partial charge in [-0.15, -0.1) is 0 Å². The summed E-state index contributed by atoms with van der Waals surface area (Å²) in [7, 11) is 0. The summed E-state index contributed by atoms with van der Waals surface area (Å²) in [5.74, 6) is 1.37. The van der Waals surface area contributed by atoms with Crippen LogP contribution in [0.4, 0.5) is 0 Å². The van der Waals surface area contributed by atoms with E-state index in [-0.39, 0.29) is 0 Å². The van der Waals surface area contributed by atoms with E-state index in [1.54, 1.807) is 0 Å². The Morgan fingerprint density at radius 3 is 2.07 bits per heavy atom. The number of hydrogen-bond acceptors (Lipinski definition) is 3. The maximum Gasteiger partial charge on any atom is 0.347 e. The highest BCUT2D eigenvalue weighted by molar-refractivity contribution is 5.97. The van der Waals surface area contributed by atoms with Crippen LogP contribution in [0.1, 0.15) is 63.1 Å². The van der Waals surface area contributed by atoms with Crippen molar-refractivity contribution in [1.29, 1.82) is 0 Å². The molecule has 1 aliphatic heterocycles. The fraction of sp³-hybridized carbons (Fsp3) is 0.440. The Morgan fingerprint density at radius 1 is 0.966 bits per heavy atom. The van der Waals surface area contributed by atoms with Gasteiger partial charge in [0.05, 0.1) is 0 Å². The van der Waals surface area contributed by atoms with Gasteiger partial charge in [-0.3, -0.25) is 0 Å². The normalized spacial score (nSPS) is 21.7. The first-order valence-corrected chi connectivity index (χ1v) is 10.6. The number of hydrogen-bond donors (Lipinski definition) is 1. The molecule has 1 fully saturated rings. The molecule has 0 spiro atoms. The van der Waals surface area contributed by atoms with Crippen molar-refractivity contribution in [3.8, 4) is 0 Å². The van der Waals surface area contributed by atoms with Crippen LogP contribution in [0.2, 0.25) is 0 Å². The number of carboxylic acid groups (broad SMARTS) is 1. The lowest BCUT2D eigenvalue weighted by atomic mass is 9.82. The second-order valence-electron chi connectivity index (χ2n) is 8.17. The van der Waals surface area contributed by atoms with Gasteiger partial charge in [0.2, 0.25) is 12.0 Å². The summed E-state index contributed by atoms with van der Waals surface area (Å²) in [5, 5.41) is 9.31. The molecular formula is C25H31NO3. The molecule has 4 nitrogen and oxygen atoms in total. The minimum Gasteiger partial charge on any atom is -0.478 e. The summed E-state index contributed by atoms with van der Waals surface area (Å²) < 4.78 is 5.53. The standard InChI is InChI=1S/C16H13NO3.C9H18/c18-16(19)14-13(11-7-3-1-4-8-11)17-15(20-14)12-9-5-2-6-10-12;1-8(2)9-6-4-3-5-7-9/h1-10,13-14H,(H,18,19);8-9H,3-7H2,1-2H3/t13-,14+;/m0./s1. The molecule has 0 unspecified atom stereocenters. The Balaban J connectivity index is 0.000000224. The van der Waals surface area contributed by atoms with Crippen molar-refractivity contribution in [2.75, 3.05) is 0 Å². The number of rotatable bonds is 4. The third-order valence-corrected chi connectivity index (χ3v) is 5.78. The van der Waals surface area contributed by atoms with E-state index in [0.717, 1.165) is 23.0 Å². The van der Waals surface area contributed by atoms with Crippen LogP contribution in [0.15, 0.2) is 65.7 Å². The van der Waals surface area contributed by atoms with Crippen molar-refractivity contribution in [1.82, 2.24) is 0 Å². The number of carboxylic acids is 1. The van der Waals surface area contributed by atoms with Crippen molar-refractivity contribution >= 4 is 11.9 Å². The average molecular weight is 394 g/mol. The summed E-state index contributed by atoms with van der Waals surface area (Å²) in [6.45, 7) is 4.71. The smallest absolute Gasteiger partial charge is 0.347 e. The summed E-state index contributed by atoms with van der Waals surface area (Å²) >= 11 is 0. The summed E-state index contributed by atoms with van der Waals surface area (Å²) in [6.07, 6.45) is 6.48. The molecule has 4 rings (SSSR count). The van der Waals surface area contributed by atoms with Crippen LogP contribution >= 0.6 is 0 Å². The topological polar surface area (TPSA) is 58.9 Å². The van der Waals surface area contributed by atoms with Crippen LogP contribution in [0.5, 0.6) is 0 Å². The Hall–Kier alpha value is -2.62. The van der Waals surface area contributed by atoms with Gasteiger partial charge in [0.1, 0.15) is 6.04 Å². The van der Waals surface area contributed by atoms with E-state index in [1.807, 2.05) is 60.7 Å². The second kappa shape index (κ2) is 10.2. The average Bonchev–Trinajstić information content (AvgIpc) is 3.22. The lowest BCUT2D eigenvalue weighted by molar-refractivity contribution is -0.145. The first-order valence-electron chi connectivity index (χ1n) is 10.6. The van der Waals surface area contributed by atoms with Crippen molar-refractivity contribution in [2.45, 2.75) is 58.1 Å². The van der Waals surface area contributed by atoms with Crippen LogP contribution in [-0.2, 0) is 9.53 Å². The van der Waals surface area contributed by atoms with Crippen molar-refractivity contribution < 1.29 is 14.6 Å². The molecule has 2 aromatic rings. The molecular weight excluding hydrogens is 362 g/mol. The van der Waals surface area contributed by atoms with E-state index >= 15 is 0 Å². The van der Waals surface area contributed by atoms with Gasteiger partial charge in [-0.05, 0) is 29.5 Å². The van der Waals surface area contributed by atoms with Gasteiger partial charge >= 0.3 is 5.97 Å². The van der Waals surface area contributed by atoms with Gasteiger partial charge in [-0.25, -0.2) is 9.79 Å². The van der Waals surface area contributed by atoms with Crippen LogP contribution < -0.4 is 0 Å². The first-order chi connectivity index (χ1) is 14.1. The molecule has 0 radical (unpaired) electrons. The summed E-state index contributed by atoms with van der Waals surface area (Å²) in [5.41, 5.74) is 1.63. The summed E-state index contributed by atoms with van der Waals surface area (Å²) in [6, 6.07) is 18.2. The molecule has 0 saturated heterocycles. The third kappa shape index (κ3) is 5.69. The van der Waals surface area contributed by atoms with Gasteiger partial charge in [-0.2, -0.15) is 0 Å².